The molecule has 64 heavy (non-hydrogen) atoms. The fraction of sp³-hybridized carbons (Fsp3) is 0.875. The topological polar surface area (TPSA) is 205 Å². The van der Waals surface area contributed by atoms with Crippen LogP contribution in [0.15, 0.2) is 0 Å². The number of hydrogen-bond acceptors (Lipinski definition) is 14. The molecule has 0 aliphatic carbocycles. The van der Waals surface area contributed by atoms with Crippen molar-refractivity contribution >= 4 is 36.2 Å². The lowest BCUT2D eigenvalue weighted by atomic mass is 10.1. The Kier molecular flexibility index (Phi) is 40.8. The van der Waals surface area contributed by atoms with Crippen LogP contribution >= 0.6 is 0 Å². The summed E-state index contributed by atoms with van der Waals surface area (Å²) in [6.07, 6.45) is 15.6. The summed E-state index contributed by atoms with van der Waals surface area (Å²) in [6, 6.07) is 0. The molecule has 0 saturated heterocycles. The molecule has 0 spiro atoms. The molecule has 0 fully saturated rings. The van der Waals surface area contributed by atoms with E-state index in [1.807, 2.05) is 4.90 Å². The molecular weight excluding hydrogens is 829 g/mol. The maximum absolute atomic E-state index is 12.8. The van der Waals surface area contributed by atoms with Gasteiger partial charge in [0.25, 0.3) is 0 Å². The molecule has 0 aromatic rings. The van der Waals surface area contributed by atoms with Crippen LogP contribution in [0.5, 0.6) is 0 Å². The number of hydrogen-bond donors (Lipinski definition) is 2. The lowest BCUT2D eigenvalue weighted by Gasteiger charge is -2.26. The molecule has 16 nitrogen and oxygen atoms in total. The standard InChI is InChI=1S/C48H88N2O14/c1-5-9-11-13-15-17-19-37-59-45(55)31-23-27-41(25-21-29-43(51)52)63-47(57)61-39-35-50(34-33-49(7-3)8-4)36-40-62-48(58)64-42(26-22-30-44(53)54)28-24-32-46(56)60-38-20-18-16-14-12-10-6-2/h41-42H,5-40H2,1-4H3,(H,51,52)(H,53,54). The number of ether oxygens (including phenoxy) is 6. The quantitative estimate of drug-likeness (QED) is 0.0331. The summed E-state index contributed by atoms with van der Waals surface area (Å²) in [5, 5.41) is 18.2. The highest BCUT2D eigenvalue weighted by molar-refractivity contribution is 5.69. The minimum Gasteiger partial charge on any atom is -0.481 e. The zero-order chi connectivity index (χ0) is 47.5. The third-order valence-corrected chi connectivity index (χ3v) is 11.1. The average molecular weight is 917 g/mol. The molecule has 0 aromatic carbocycles. The van der Waals surface area contributed by atoms with E-state index in [-0.39, 0.29) is 50.8 Å². The molecule has 2 atom stereocenters. The second kappa shape index (κ2) is 43.2. The van der Waals surface area contributed by atoms with E-state index in [1.54, 1.807) is 0 Å². The fourth-order valence-electron chi connectivity index (χ4n) is 7.08. The molecule has 2 N–H and O–H groups in total. The second-order valence-electron chi connectivity index (χ2n) is 16.6. The smallest absolute Gasteiger partial charge is 0.481 e. The number of rotatable bonds is 45. The van der Waals surface area contributed by atoms with E-state index in [1.165, 1.54) is 51.4 Å². The lowest BCUT2D eigenvalue weighted by molar-refractivity contribution is -0.145. The van der Waals surface area contributed by atoms with Gasteiger partial charge in [0.05, 0.1) is 13.2 Å². The van der Waals surface area contributed by atoms with Gasteiger partial charge in [0.15, 0.2) is 0 Å². The summed E-state index contributed by atoms with van der Waals surface area (Å²) in [4.78, 5) is 76.7. The first-order valence-electron chi connectivity index (χ1n) is 24.8. The van der Waals surface area contributed by atoms with Crippen LogP contribution in [0, 0.1) is 0 Å². The molecule has 0 bridgehead atoms. The van der Waals surface area contributed by atoms with Crippen LogP contribution in [-0.4, -0.2) is 134 Å². The number of esters is 2. The Morgan fingerprint density at radius 2 is 0.734 bits per heavy atom. The number of unbranched alkanes of at least 4 members (excludes halogenated alkanes) is 12. The van der Waals surface area contributed by atoms with Gasteiger partial charge in [-0.2, -0.15) is 0 Å². The maximum atomic E-state index is 12.8. The summed E-state index contributed by atoms with van der Waals surface area (Å²) in [5.41, 5.74) is 0. The molecule has 0 amide bonds. The van der Waals surface area contributed by atoms with Gasteiger partial charge in [-0.25, -0.2) is 9.59 Å². The first-order valence-corrected chi connectivity index (χ1v) is 24.8. The van der Waals surface area contributed by atoms with Gasteiger partial charge in [0.2, 0.25) is 0 Å². The van der Waals surface area contributed by atoms with E-state index in [4.69, 9.17) is 38.6 Å². The maximum Gasteiger partial charge on any atom is 0.508 e. The molecule has 2 unspecified atom stereocenters. The average Bonchev–Trinajstić information content (AvgIpc) is 3.25. The first kappa shape index (κ1) is 60.3. The summed E-state index contributed by atoms with van der Waals surface area (Å²) in [6.45, 7) is 12.9. The predicted octanol–water partition coefficient (Wildman–Crippen LogP) is 10.1. The fourth-order valence-corrected chi connectivity index (χ4v) is 7.08. The third kappa shape index (κ3) is 39.9. The number of likely N-dealkylation sites (N-methyl/N-ethyl adjacent to an activating group) is 1. The number of aliphatic carboxylic acids is 2. The van der Waals surface area contributed by atoms with Crippen LogP contribution < -0.4 is 0 Å². The van der Waals surface area contributed by atoms with Gasteiger partial charge in [-0.3, -0.25) is 24.1 Å². The van der Waals surface area contributed by atoms with Crippen LogP contribution in [0.2, 0.25) is 0 Å². The molecule has 0 rings (SSSR count). The SMILES string of the molecule is CCCCCCCCCOC(=O)CCCC(CCCC(=O)O)OC(=O)OCCN(CCOC(=O)OC(CCCC(=O)O)CCCC(=O)OCCCCCCCCC)CCN(CC)CC. The molecule has 0 saturated carbocycles. The molecule has 0 aliphatic rings. The van der Waals surface area contributed by atoms with Gasteiger partial charge in [-0.05, 0) is 77.3 Å². The van der Waals surface area contributed by atoms with E-state index >= 15 is 0 Å². The minimum atomic E-state index is -0.948. The van der Waals surface area contributed by atoms with Gasteiger partial charge < -0.3 is 43.5 Å². The van der Waals surface area contributed by atoms with Crippen LogP contribution in [-0.2, 0) is 47.6 Å². The second-order valence-corrected chi connectivity index (χ2v) is 16.6. The number of carboxylic acids is 2. The number of nitrogens with zero attached hydrogens (tertiary/aromatic N) is 2. The Balaban J connectivity index is 5.00. The zero-order valence-corrected chi connectivity index (χ0v) is 40.3. The third-order valence-electron chi connectivity index (χ3n) is 11.1. The first-order chi connectivity index (χ1) is 30.9. The largest absolute Gasteiger partial charge is 0.508 e. The molecule has 16 heteroatoms. The Morgan fingerprint density at radius 1 is 0.391 bits per heavy atom. The van der Waals surface area contributed by atoms with Gasteiger partial charge in [-0.1, -0.05) is 105 Å². The highest BCUT2D eigenvalue weighted by atomic mass is 16.7. The minimum absolute atomic E-state index is 0.0125. The molecule has 0 aliphatic heterocycles. The Bertz CT molecular complexity index is 1120. The summed E-state index contributed by atoms with van der Waals surface area (Å²) < 4.78 is 32.8. The van der Waals surface area contributed by atoms with Crippen molar-refractivity contribution < 1.29 is 67.4 Å². The Morgan fingerprint density at radius 3 is 1.09 bits per heavy atom. The molecule has 0 radical (unpaired) electrons. The van der Waals surface area contributed by atoms with E-state index in [0.717, 1.165) is 58.2 Å². The van der Waals surface area contributed by atoms with Crippen molar-refractivity contribution in [3.63, 3.8) is 0 Å². The van der Waals surface area contributed by atoms with E-state index < -0.39 is 36.5 Å². The Labute approximate surface area is 385 Å². The van der Waals surface area contributed by atoms with Crippen molar-refractivity contribution in [2.24, 2.45) is 0 Å². The van der Waals surface area contributed by atoms with Gasteiger partial charge >= 0.3 is 36.2 Å². The number of carbonyl (C=O) groups is 6. The number of carboxylic acid groups (broad SMARTS) is 2. The lowest BCUT2D eigenvalue weighted by Crippen LogP contribution is -2.39. The molecule has 0 aromatic heterocycles. The van der Waals surface area contributed by atoms with Gasteiger partial charge in [0.1, 0.15) is 25.4 Å². The van der Waals surface area contributed by atoms with Crippen molar-refractivity contribution in [1.29, 1.82) is 0 Å². The summed E-state index contributed by atoms with van der Waals surface area (Å²) in [5.74, 6) is -2.51. The molecular formula is C48H88N2O14. The van der Waals surface area contributed by atoms with Crippen LogP contribution in [0.4, 0.5) is 9.59 Å². The molecule has 374 valence electrons. The van der Waals surface area contributed by atoms with Crippen molar-refractivity contribution in [2.45, 2.75) is 207 Å². The van der Waals surface area contributed by atoms with E-state index in [9.17, 15) is 28.8 Å². The summed E-state index contributed by atoms with van der Waals surface area (Å²) in [7, 11) is 0. The highest BCUT2D eigenvalue weighted by Gasteiger charge is 2.20. The van der Waals surface area contributed by atoms with Crippen LogP contribution in [0.1, 0.15) is 195 Å². The highest BCUT2D eigenvalue weighted by Crippen LogP contribution is 2.17. The van der Waals surface area contributed by atoms with Crippen molar-refractivity contribution in [1.82, 2.24) is 9.80 Å². The van der Waals surface area contributed by atoms with Gasteiger partial charge in [0, 0.05) is 51.9 Å². The predicted molar refractivity (Wildman–Crippen MR) is 245 cm³/mol. The monoisotopic (exact) mass is 917 g/mol. The van der Waals surface area contributed by atoms with E-state index in [2.05, 4.69) is 32.6 Å². The van der Waals surface area contributed by atoms with Crippen LogP contribution in [0.25, 0.3) is 0 Å². The van der Waals surface area contributed by atoms with Crippen molar-refractivity contribution in [3.8, 4) is 0 Å². The van der Waals surface area contributed by atoms with Crippen molar-refractivity contribution in [3.05, 3.63) is 0 Å². The number of carbonyl (C=O) groups excluding carboxylic acids is 4. The molecule has 0 heterocycles. The van der Waals surface area contributed by atoms with E-state index in [0.29, 0.717) is 84.2 Å². The van der Waals surface area contributed by atoms with Crippen LogP contribution in [0.3, 0.4) is 0 Å². The summed E-state index contributed by atoms with van der Waals surface area (Å²) >= 11 is 0. The Hall–Kier alpha value is -3.66. The van der Waals surface area contributed by atoms with Crippen molar-refractivity contribution in [2.75, 3.05) is 65.7 Å². The van der Waals surface area contributed by atoms with Gasteiger partial charge in [-0.15, -0.1) is 0 Å². The zero-order valence-electron chi connectivity index (χ0n) is 40.3. The normalized spacial score (nSPS) is 12.2.